The monoisotopic (exact) mass is 404 g/mol. The quantitative estimate of drug-likeness (QED) is 0.463. The molecule has 0 amide bonds. The van der Waals surface area contributed by atoms with Gasteiger partial charge < -0.3 is 0 Å². The Kier molecular flexibility index (Phi) is 4.43. The lowest BCUT2D eigenvalue weighted by Crippen LogP contribution is -2.21. The zero-order chi connectivity index (χ0) is 15.7. The van der Waals surface area contributed by atoms with Crippen LogP contribution in [0.2, 0.25) is 0 Å². The lowest BCUT2D eigenvalue weighted by Gasteiger charge is -2.19. The largest absolute Gasteiger partial charge is 0.289 e. The highest BCUT2D eigenvalue weighted by Gasteiger charge is 2.30. The normalized spacial score (nSPS) is 13.0. The number of aryl methyl sites for hydroxylation is 1. The van der Waals surface area contributed by atoms with Crippen LogP contribution in [0.5, 0.6) is 0 Å². The molecule has 1 aliphatic rings. The van der Waals surface area contributed by atoms with Crippen LogP contribution >= 0.6 is 22.6 Å². The molecule has 0 saturated carbocycles. The molecule has 3 heteroatoms. The van der Waals surface area contributed by atoms with E-state index in [-0.39, 0.29) is 11.6 Å². The topological polar surface area (TPSA) is 34.1 Å². The molecule has 0 heterocycles. The first kappa shape index (κ1) is 15.4. The molecule has 0 unspecified atom stereocenters. The minimum absolute atomic E-state index is 0.0293. The van der Waals surface area contributed by atoms with Crippen LogP contribution in [0.1, 0.15) is 63.6 Å². The fourth-order valence-electron chi connectivity index (χ4n) is 2.92. The van der Waals surface area contributed by atoms with E-state index in [4.69, 9.17) is 0 Å². The van der Waals surface area contributed by atoms with Gasteiger partial charge in [-0.15, -0.1) is 0 Å². The van der Waals surface area contributed by atoms with Crippen molar-refractivity contribution >= 4 is 34.2 Å². The number of benzene rings is 2. The van der Waals surface area contributed by atoms with Gasteiger partial charge in [0.25, 0.3) is 0 Å². The predicted molar refractivity (Wildman–Crippen MR) is 95.7 cm³/mol. The van der Waals surface area contributed by atoms with E-state index in [9.17, 15) is 9.59 Å². The first-order valence-corrected chi connectivity index (χ1v) is 8.72. The van der Waals surface area contributed by atoms with E-state index in [1.54, 1.807) is 18.2 Å². The highest BCUT2D eigenvalue weighted by molar-refractivity contribution is 14.1. The van der Waals surface area contributed by atoms with E-state index in [1.807, 2.05) is 18.2 Å². The van der Waals surface area contributed by atoms with Gasteiger partial charge >= 0.3 is 0 Å². The van der Waals surface area contributed by atoms with Gasteiger partial charge in [0.2, 0.25) is 0 Å². The molecule has 0 radical (unpaired) electrons. The number of halogens is 1. The zero-order valence-electron chi connectivity index (χ0n) is 12.5. The summed E-state index contributed by atoms with van der Waals surface area (Å²) < 4.78 is 1.08. The van der Waals surface area contributed by atoms with E-state index in [1.165, 1.54) is 18.4 Å². The standard InChI is InChI=1S/C19H17IO2/c1-2-3-4-7-12-10-15-16(11-17(12)20)19(22)14-9-6-5-8-13(14)18(15)21/h5-6,8-11H,2-4,7H2,1H3. The molecule has 2 aromatic carbocycles. The molecule has 0 fully saturated rings. The number of rotatable bonds is 4. The Morgan fingerprint density at radius 3 is 2.05 bits per heavy atom. The molecule has 3 rings (SSSR count). The van der Waals surface area contributed by atoms with E-state index in [2.05, 4.69) is 29.5 Å². The minimum Gasteiger partial charge on any atom is -0.289 e. The smallest absolute Gasteiger partial charge is 0.194 e. The van der Waals surface area contributed by atoms with Crippen LogP contribution in [-0.2, 0) is 6.42 Å². The van der Waals surface area contributed by atoms with Crippen LogP contribution in [0.25, 0.3) is 0 Å². The average Bonchev–Trinajstić information content (AvgIpc) is 2.54. The van der Waals surface area contributed by atoms with Gasteiger partial charge in [-0.25, -0.2) is 0 Å². The molecule has 0 aromatic heterocycles. The Balaban J connectivity index is 2.05. The minimum atomic E-state index is -0.0387. The number of carbonyl (C=O) groups is 2. The molecule has 0 N–H and O–H groups in total. The molecule has 2 aromatic rings. The van der Waals surface area contributed by atoms with Gasteiger partial charge in [0.1, 0.15) is 0 Å². The highest BCUT2D eigenvalue weighted by Crippen LogP contribution is 2.30. The Bertz CT molecular complexity index is 762. The Hall–Kier alpha value is -1.49. The van der Waals surface area contributed by atoms with Crippen molar-refractivity contribution in [1.29, 1.82) is 0 Å². The average molecular weight is 404 g/mol. The Labute approximate surface area is 144 Å². The van der Waals surface area contributed by atoms with E-state index < -0.39 is 0 Å². The van der Waals surface area contributed by atoms with Gasteiger partial charge in [0.15, 0.2) is 11.6 Å². The van der Waals surface area contributed by atoms with Gasteiger partial charge in [0.05, 0.1) is 0 Å². The van der Waals surface area contributed by atoms with Crippen LogP contribution in [0.4, 0.5) is 0 Å². The van der Waals surface area contributed by atoms with Gasteiger partial charge in [-0.2, -0.15) is 0 Å². The van der Waals surface area contributed by atoms with Gasteiger partial charge in [-0.1, -0.05) is 44.0 Å². The number of unbranched alkanes of at least 4 members (excludes halogenated alkanes) is 2. The third-order valence-electron chi connectivity index (χ3n) is 4.14. The number of fused-ring (bicyclic) bond motifs is 2. The fraction of sp³-hybridized carbons (Fsp3) is 0.263. The first-order valence-electron chi connectivity index (χ1n) is 7.64. The molecule has 2 nitrogen and oxygen atoms in total. The van der Waals surface area contributed by atoms with E-state index in [0.717, 1.165) is 16.4 Å². The van der Waals surface area contributed by atoms with E-state index in [0.29, 0.717) is 22.3 Å². The summed E-state index contributed by atoms with van der Waals surface area (Å²) in [7, 11) is 0. The summed E-state index contributed by atoms with van der Waals surface area (Å²) in [5.41, 5.74) is 3.34. The van der Waals surface area contributed by atoms with Crippen molar-refractivity contribution in [3.05, 3.63) is 67.8 Å². The van der Waals surface area contributed by atoms with Crippen LogP contribution < -0.4 is 0 Å². The summed E-state index contributed by atoms with van der Waals surface area (Å²) in [6.45, 7) is 2.18. The number of carbonyl (C=O) groups excluding carboxylic acids is 2. The van der Waals surface area contributed by atoms with Crippen molar-refractivity contribution in [3.8, 4) is 0 Å². The number of ketones is 2. The molecule has 112 valence electrons. The summed E-state index contributed by atoms with van der Waals surface area (Å²) in [4.78, 5) is 25.3. The maximum Gasteiger partial charge on any atom is 0.194 e. The number of hydrogen-bond acceptors (Lipinski definition) is 2. The third kappa shape index (κ3) is 2.62. The van der Waals surface area contributed by atoms with Crippen LogP contribution in [-0.4, -0.2) is 11.6 Å². The summed E-state index contributed by atoms with van der Waals surface area (Å²) in [6.07, 6.45) is 4.43. The second-order valence-corrected chi connectivity index (χ2v) is 6.81. The molecular weight excluding hydrogens is 387 g/mol. The summed E-state index contributed by atoms with van der Waals surface area (Å²) >= 11 is 2.27. The Morgan fingerprint density at radius 1 is 0.864 bits per heavy atom. The fourth-order valence-corrected chi connectivity index (χ4v) is 3.66. The molecule has 1 aliphatic carbocycles. The maximum atomic E-state index is 12.7. The van der Waals surface area contributed by atoms with Crippen LogP contribution in [0.3, 0.4) is 0 Å². The lowest BCUT2D eigenvalue weighted by atomic mass is 9.83. The molecule has 0 bridgehead atoms. The SMILES string of the molecule is CCCCCc1cc2c(cc1I)C(=O)c1ccccc1C2=O. The maximum absolute atomic E-state index is 12.7. The Morgan fingerprint density at radius 2 is 1.45 bits per heavy atom. The van der Waals surface area contributed by atoms with Crippen molar-refractivity contribution in [1.82, 2.24) is 0 Å². The molecule has 0 atom stereocenters. The van der Waals surface area contributed by atoms with Gasteiger partial charge in [0, 0.05) is 25.8 Å². The number of hydrogen-bond donors (Lipinski definition) is 0. The predicted octanol–water partition coefficient (Wildman–Crippen LogP) is 4.80. The second-order valence-electron chi connectivity index (χ2n) is 5.65. The molecule has 0 saturated heterocycles. The first-order chi connectivity index (χ1) is 10.6. The summed E-state index contributed by atoms with van der Waals surface area (Å²) in [6, 6.07) is 10.9. The van der Waals surface area contributed by atoms with Crippen molar-refractivity contribution in [3.63, 3.8) is 0 Å². The summed E-state index contributed by atoms with van der Waals surface area (Å²) in [5, 5.41) is 0. The van der Waals surface area contributed by atoms with Crippen molar-refractivity contribution < 1.29 is 9.59 Å². The lowest BCUT2D eigenvalue weighted by molar-refractivity contribution is 0.0979. The van der Waals surface area contributed by atoms with Crippen LogP contribution in [0, 0.1) is 3.57 Å². The second kappa shape index (κ2) is 6.32. The van der Waals surface area contributed by atoms with Crippen molar-refractivity contribution in [2.45, 2.75) is 32.6 Å². The summed E-state index contributed by atoms with van der Waals surface area (Å²) in [5.74, 6) is -0.0680. The van der Waals surface area contributed by atoms with Crippen LogP contribution in [0.15, 0.2) is 36.4 Å². The third-order valence-corrected chi connectivity index (χ3v) is 5.15. The van der Waals surface area contributed by atoms with E-state index >= 15 is 0 Å². The van der Waals surface area contributed by atoms with Gasteiger partial charge in [-0.05, 0) is 53.1 Å². The molecule has 22 heavy (non-hydrogen) atoms. The van der Waals surface area contributed by atoms with Gasteiger partial charge in [-0.3, -0.25) is 9.59 Å². The van der Waals surface area contributed by atoms with Crippen molar-refractivity contribution in [2.24, 2.45) is 0 Å². The molecule has 0 aliphatic heterocycles. The highest BCUT2D eigenvalue weighted by atomic mass is 127. The zero-order valence-corrected chi connectivity index (χ0v) is 14.6. The molecular formula is C19H17IO2. The van der Waals surface area contributed by atoms with Crippen molar-refractivity contribution in [2.75, 3.05) is 0 Å². The molecule has 0 spiro atoms.